The first-order valence-electron chi connectivity index (χ1n) is 8.90. The number of hydrogen-bond donors (Lipinski definition) is 0. The first-order valence-corrected chi connectivity index (χ1v) is 10.2. The van der Waals surface area contributed by atoms with Crippen molar-refractivity contribution in [2.45, 2.75) is 81.2 Å². The molecule has 130 valence electrons. The van der Waals surface area contributed by atoms with Crippen molar-refractivity contribution in [3.05, 3.63) is 12.2 Å². The van der Waals surface area contributed by atoms with Crippen LogP contribution in [0.1, 0.15) is 76.2 Å². The zero-order chi connectivity index (χ0) is 17.6. The molecule has 0 N–H and O–H groups in total. The van der Waals surface area contributed by atoms with Gasteiger partial charge in [-0.25, -0.2) is 0 Å². The minimum absolute atomic E-state index is 0.251. The second-order valence-corrected chi connectivity index (χ2v) is 12.0. The number of hydrogen-bond acceptors (Lipinski definition) is 1. The molecule has 2 heteroatoms. The van der Waals surface area contributed by atoms with Crippen LogP contribution < -0.4 is 0 Å². The molecular formula is C20H40OSi. The summed E-state index contributed by atoms with van der Waals surface area (Å²) in [7, 11) is -0.640. The van der Waals surface area contributed by atoms with Crippen LogP contribution in [0.2, 0.25) is 5.04 Å². The van der Waals surface area contributed by atoms with E-state index >= 15 is 0 Å². The summed E-state index contributed by atoms with van der Waals surface area (Å²) >= 11 is 0. The van der Waals surface area contributed by atoms with Crippen LogP contribution in [0.15, 0.2) is 12.2 Å². The molecule has 0 bridgehead atoms. The smallest absolute Gasteiger partial charge is 0.168 e. The molecule has 2 atom stereocenters. The van der Waals surface area contributed by atoms with E-state index in [1.807, 2.05) is 0 Å². The Bertz CT molecular complexity index is 431. The van der Waals surface area contributed by atoms with Crippen molar-refractivity contribution in [3.8, 4) is 0 Å². The van der Waals surface area contributed by atoms with E-state index in [9.17, 15) is 0 Å². The molecule has 0 aromatic heterocycles. The number of rotatable bonds is 4. The van der Waals surface area contributed by atoms with E-state index in [1.54, 1.807) is 0 Å². The van der Waals surface area contributed by atoms with Crippen molar-refractivity contribution < 1.29 is 4.43 Å². The van der Waals surface area contributed by atoms with E-state index in [0.717, 1.165) is 6.61 Å². The van der Waals surface area contributed by atoms with Crippen molar-refractivity contribution in [2.24, 2.45) is 27.6 Å². The lowest BCUT2D eigenvalue weighted by atomic mass is 9.36. The first kappa shape index (κ1) is 20.0. The molecule has 0 aliphatic heterocycles. The van der Waals surface area contributed by atoms with Gasteiger partial charge in [0.25, 0.3) is 0 Å². The minimum atomic E-state index is -0.640. The van der Waals surface area contributed by atoms with Gasteiger partial charge in [0.2, 0.25) is 0 Å². The van der Waals surface area contributed by atoms with Crippen LogP contribution in [0.25, 0.3) is 0 Å². The van der Waals surface area contributed by atoms with E-state index in [-0.39, 0.29) is 26.7 Å². The SMILES string of the molecule is CC=CCO[SiH2]C1(C)C(C)C(C)(C)C(C)(C)C(C)(C)C1(C)C. The first-order chi connectivity index (χ1) is 9.72. The van der Waals surface area contributed by atoms with Crippen LogP contribution in [-0.4, -0.2) is 16.4 Å². The molecule has 2 unspecified atom stereocenters. The second-order valence-electron chi connectivity index (χ2n) is 9.82. The molecule has 0 radical (unpaired) electrons. The van der Waals surface area contributed by atoms with Crippen molar-refractivity contribution in [1.82, 2.24) is 0 Å². The van der Waals surface area contributed by atoms with Crippen LogP contribution in [0.4, 0.5) is 0 Å². The van der Waals surface area contributed by atoms with Gasteiger partial charge in [-0.15, -0.1) is 0 Å². The van der Waals surface area contributed by atoms with E-state index < -0.39 is 9.76 Å². The van der Waals surface area contributed by atoms with Gasteiger partial charge in [0, 0.05) is 0 Å². The van der Waals surface area contributed by atoms with Gasteiger partial charge in [-0.05, 0) is 39.5 Å². The van der Waals surface area contributed by atoms with E-state index in [4.69, 9.17) is 4.43 Å². The molecule has 1 nitrogen and oxygen atoms in total. The Kier molecular flexibility index (Phi) is 5.24. The fourth-order valence-corrected chi connectivity index (χ4v) is 7.16. The topological polar surface area (TPSA) is 9.23 Å². The maximum absolute atomic E-state index is 6.23. The Morgan fingerprint density at radius 3 is 1.82 bits per heavy atom. The van der Waals surface area contributed by atoms with Gasteiger partial charge in [-0.2, -0.15) is 0 Å². The van der Waals surface area contributed by atoms with Crippen molar-refractivity contribution in [2.75, 3.05) is 6.61 Å². The lowest BCUT2D eigenvalue weighted by Crippen LogP contribution is -2.66. The number of allylic oxidation sites excluding steroid dienone is 1. The molecule has 1 fully saturated rings. The molecule has 0 amide bonds. The predicted molar refractivity (Wildman–Crippen MR) is 102 cm³/mol. The van der Waals surface area contributed by atoms with E-state index in [2.05, 4.69) is 88.3 Å². The van der Waals surface area contributed by atoms with E-state index in [0.29, 0.717) is 5.92 Å². The summed E-state index contributed by atoms with van der Waals surface area (Å²) in [5.74, 6) is 0.648. The van der Waals surface area contributed by atoms with Gasteiger partial charge < -0.3 is 4.43 Å². The maximum Gasteiger partial charge on any atom is 0.168 e. The van der Waals surface area contributed by atoms with Gasteiger partial charge >= 0.3 is 0 Å². The van der Waals surface area contributed by atoms with Gasteiger partial charge in [-0.3, -0.25) is 0 Å². The third-order valence-corrected chi connectivity index (χ3v) is 11.6. The molecule has 0 aromatic carbocycles. The Labute approximate surface area is 142 Å². The summed E-state index contributed by atoms with van der Waals surface area (Å²) in [6.45, 7) is 27.7. The monoisotopic (exact) mass is 324 g/mol. The standard InChI is InChI=1S/C20H40OSi/c1-12-13-14-21-22-20(11)15(2)16(3,4)17(5,6)18(7,8)19(20,9)10/h12-13,15H,14,22H2,1-11H3. The Morgan fingerprint density at radius 1 is 0.864 bits per heavy atom. The fraction of sp³-hybridized carbons (Fsp3) is 0.900. The zero-order valence-corrected chi connectivity index (χ0v) is 18.5. The lowest BCUT2D eigenvalue weighted by molar-refractivity contribution is -0.199. The largest absolute Gasteiger partial charge is 0.420 e. The lowest BCUT2D eigenvalue weighted by Gasteiger charge is -2.73. The van der Waals surface area contributed by atoms with Crippen molar-refractivity contribution in [3.63, 3.8) is 0 Å². The molecule has 0 spiro atoms. The summed E-state index contributed by atoms with van der Waals surface area (Å²) < 4.78 is 6.23. The Hall–Kier alpha value is -0.0831. The highest BCUT2D eigenvalue weighted by molar-refractivity contribution is 6.33. The zero-order valence-electron chi connectivity index (χ0n) is 17.1. The molecule has 0 saturated heterocycles. The third-order valence-electron chi connectivity index (χ3n) is 9.05. The molecule has 1 aliphatic carbocycles. The molecule has 0 aromatic rings. The summed E-state index contributed by atoms with van der Waals surface area (Å²) in [6, 6.07) is 0. The molecule has 1 saturated carbocycles. The van der Waals surface area contributed by atoms with Crippen LogP contribution in [-0.2, 0) is 4.43 Å². The van der Waals surface area contributed by atoms with E-state index in [1.165, 1.54) is 0 Å². The van der Waals surface area contributed by atoms with Crippen LogP contribution in [0.3, 0.4) is 0 Å². The summed E-state index contributed by atoms with van der Waals surface area (Å²) in [5, 5.41) is 0.289. The van der Waals surface area contributed by atoms with Crippen LogP contribution in [0, 0.1) is 27.6 Å². The van der Waals surface area contributed by atoms with Crippen molar-refractivity contribution >= 4 is 9.76 Å². The molecule has 1 rings (SSSR count). The fourth-order valence-electron chi connectivity index (χ4n) is 4.92. The van der Waals surface area contributed by atoms with Gasteiger partial charge in [0.05, 0.1) is 6.61 Å². The summed E-state index contributed by atoms with van der Waals surface area (Å²) in [5.41, 5.74) is 1.07. The van der Waals surface area contributed by atoms with Crippen LogP contribution >= 0.6 is 0 Å². The van der Waals surface area contributed by atoms with Crippen LogP contribution in [0.5, 0.6) is 0 Å². The summed E-state index contributed by atoms with van der Waals surface area (Å²) in [4.78, 5) is 0. The highest BCUT2D eigenvalue weighted by Crippen LogP contribution is 2.76. The second kappa shape index (κ2) is 5.77. The van der Waals surface area contributed by atoms with Crippen molar-refractivity contribution in [1.29, 1.82) is 0 Å². The molecule has 0 heterocycles. The normalized spacial score (nSPS) is 36.2. The molecule has 1 aliphatic rings. The average Bonchev–Trinajstić information content (AvgIpc) is 2.40. The average molecular weight is 325 g/mol. The third kappa shape index (κ3) is 2.36. The minimum Gasteiger partial charge on any atom is -0.420 e. The highest BCUT2D eigenvalue weighted by Gasteiger charge is 2.68. The quantitative estimate of drug-likeness (QED) is 0.372. The highest BCUT2D eigenvalue weighted by atomic mass is 28.2. The van der Waals surface area contributed by atoms with Gasteiger partial charge in [0.15, 0.2) is 9.76 Å². The predicted octanol–water partition coefficient (Wildman–Crippen LogP) is 5.60. The van der Waals surface area contributed by atoms with Gasteiger partial charge in [-0.1, -0.05) is 81.4 Å². The molecule has 22 heavy (non-hydrogen) atoms. The maximum atomic E-state index is 6.23. The molecular weight excluding hydrogens is 284 g/mol. The Morgan fingerprint density at radius 2 is 1.36 bits per heavy atom. The van der Waals surface area contributed by atoms with Gasteiger partial charge in [0.1, 0.15) is 0 Å². The summed E-state index contributed by atoms with van der Waals surface area (Å²) in [6.07, 6.45) is 4.22. The Balaban J connectivity index is 3.32.